The maximum Gasteiger partial charge on any atom is 0.259 e. The molecular weight excluding hydrogens is 870 g/mol. The van der Waals surface area contributed by atoms with Crippen LogP contribution in [0.5, 0.6) is 0 Å². The number of hydrogen-bond acceptors (Lipinski definition) is 8. The Morgan fingerprint density at radius 1 is 1.05 bits per heavy atom. The number of likely N-dealkylation sites (tertiary alicyclic amines) is 1. The second-order valence-electron chi connectivity index (χ2n) is 17.4. The Morgan fingerprint density at radius 3 is 2.33 bits per heavy atom. The van der Waals surface area contributed by atoms with Gasteiger partial charge in [0.2, 0.25) is 41.4 Å². The molecule has 352 valence electrons. The van der Waals surface area contributed by atoms with Crippen molar-refractivity contribution in [1.82, 2.24) is 36.0 Å². The van der Waals surface area contributed by atoms with E-state index in [1.54, 1.807) is 25.1 Å². The number of rotatable bonds is 11. The predicted octanol–water partition coefficient (Wildman–Crippen LogP) is 3.81. The number of amides is 7. The van der Waals surface area contributed by atoms with E-state index in [1.807, 2.05) is 13.8 Å². The summed E-state index contributed by atoms with van der Waals surface area (Å²) in [5.41, 5.74) is -1.74. The summed E-state index contributed by atoms with van der Waals surface area (Å²) < 4.78 is 50.5. The monoisotopic (exact) mass is 931 g/mol. The molecule has 1 aromatic rings. The second kappa shape index (κ2) is 22.2. The number of nitrogens with zero attached hydrogens (tertiary/aromatic N) is 3. The van der Waals surface area contributed by atoms with Crippen LogP contribution in [0.2, 0.25) is 10.0 Å². The molecule has 7 amide bonds. The van der Waals surface area contributed by atoms with E-state index < -0.39 is 108 Å². The molecule has 4 N–H and O–H groups in total. The molecule has 0 aliphatic carbocycles. The number of alkyl halides is 3. The molecule has 3 saturated heterocycles. The zero-order chi connectivity index (χ0) is 47.0. The quantitative estimate of drug-likeness (QED) is 0.258. The molecule has 3 aliphatic heterocycles. The average Bonchev–Trinajstić information content (AvgIpc) is 3.63. The zero-order valence-electron chi connectivity index (χ0n) is 37.0. The minimum Gasteiger partial charge on any atom is -0.381 e. The lowest BCUT2D eigenvalue weighted by Crippen LogP contribution is -2.61. The molecule has 0 aromatic heterocycles. The predicted molar refractivity (Wildman–Crippen MR) is 229 cm³/mol. The van der Waals surface area contributed by atoms with Gasteiger partial charge in [0.05, 0.1) is 6.54 Å². The van der Waals surface area contributed by atoms with Crippen LogP contribution in [-0.2, 0) is 44.7 Å². The van der Waals surface area contributed by atoms with Gasteiger partial charge in [0.25, 0.3) is 5.92 Å². The van der Waals surface area contributed by atoms with Crippen molar-refractivity contribution >= 4 is 64.6 Å². The fourth-order valence-electron chi connectivity index (χ4n) is 8.48. The summed E-state index contributed by atoms with van der Waals surface area (Å²) in [6.45, 7) is 6.79. The number of halogens is 5. The van der Waals surface area contributed by atoms with E-state index in [0.717, 1.165) is 9.80 Å². The molecule has 0 unspecified atom stereocenters. The highest BCUT2D eigenvalue weighted by Crippen LogP contribution is 2.47. The van der Waals surface area contributed by atoms with Gasteiger partial charge < -0.3 is 40.7 Å². The topological polar surface area (TPSA) is 187 Å². The first-order chi connectivity index (χ1) is 29.5. The zero-order valence-corrected chi connectivity index (χ0v) is 38.6. The van der Waals surface area contributed by atoms with Crippen molar-refractivity contribution in [3.05, 3.63) is 33.8 Å². The SMILES string of the molecule is CC[C@H](NC(=O)[C@@H]1C[C@@H](F)CN1C(=O)C1(C(C)(F)F)CCOCC1)C(=O)N(C)[C@H]1CCCCNC(=O)[C@@H](C)NC(=O)[C@H](Cc2cc(Cl)ccc2Cl)N(C)C(=O)[C@H](CC(C)C)NC1=O. The summed E-state index contributed by atoms with van der Waals surface area (Å²) in [5.74, 6) is -8.78. The standard InChI is InChI=1S/C43H62Cl2F3N7O8/c1-8-30(51-38(59)34-22-28(46)23-55(34)41(62)43(42(5,47)48)14-17-63-18-15-43)39(60)53(6)32-11-9-10-16-49-35(56)25(4)50-37(58)33(21-26-20-27(44)12-13-29(26)45)54(7)40(61)31(19-24(2)3)52-36(32)57/h12-13,20,24-25,28,30-34H,8-11,14-19,21-23H2,1-7H3,(H,49,56)(H,50,58)(H,51,59)(H,52,57)/t25-,28-,30+,31+,32+,33+,34+/m1/s1. The van der Waals surface area contributed by atoms with Crippen LogP contribution in [0.25, 0.3) is 0 Å². The van der Waals surface area contributed by atoms with Gasteiger partial charge in [0.1, 0.15) is 47.8 Å². The molecule has 3 aliphatic rings. The minimum atomic E-state index is -3.50. The molecule has 63 heavy (non-hydrogen) atoms. The molecule has 15 nitrogen and oxygen atoms in total. The molecule has 0 radical (unpaired) electrons. The van der Waals surface area contributed by atoms with Crippen molar-refractivity contribution in [2.24, 2.45) is 11.3 Å². The van der Waals surface area contributed by atoms with Crippen LogP contribution in [0.15, 0.2) is 18.2 Å². The van der Waals surface area contributed by atoms with Gasteiger partial charge in [-0.1, -0.05) is 44.0 Å². The lowest BCUT2D eigenvalue weighted by Gasteiger charge is -2.43. The lowest BCUT2D eigenvalue weighted by molar-refractivity contribution is -0.186. The van der Waals surface area contributed by atoms with E-state index in [0.29, 0.717) is 35.4 Å². The highest BCUT2D eigenvalue weighted by molar-refractivity contribution is 6.33. The van der Waals surface area contributed by atoms with Crippen LogP contribution in [0, 0.1) is 11.3 Å². The van der Waals surface area contributed by atoms with Crippen molar-refractivity contribution in [3.8, 4) is 0 Å². The Hall–Kier alpha value is -4.16. The van der Waals surface area contributed by atoms with Crippen LogP contribution in [0.1, 0.15) is 91.5 Å². The lowest BCUT2D eigenvalue weighted by atomic mass is 9.73. The number of carbonyl (C=O) groups excluding carboxylic acids is 7. The highest BCUT2D eigenvalue weighted by Gasteiger charge is 2.59. The van der Waals surface area contributed by atoms with E-state index in [2.05, 4.69) is 21.3 Å². The van der Waals surface area contributed by atoms with Crippen LogP contribution in [0.3, 0.4) is 0 Å². The van der Waals surface area contributed by atoms with E-state index >= 15 is 8.78 Å². The van der Waals surface area contributed by atoms with Crippen molar-refractivity contribution in [2.45, 2.75) is 141 Å². The van der Waals surface area contributed by atoms with Gasteiger partial charge >= 0.3 is 0 Å². The summed E-state index contributed by atoms with van der Waals surface area (Å²) in [4.78, 5) is 101. The van der Waals surface area contributed by atoms with Gasteiger partial charge in [-0.05, 0) is 81.5 Å². The number of nitrogens with one attached hydrogen (secondary N) is 4. The summed E-state index contributed by atoms with van der Waals surface area (Å²) in [7, 11) is 2.77. The van der Waals surface area contributed by atoms with Gasteiger partial charge in [-0.3, -0.25) is 33.6 Å². The molecule has 0 saturated carbocycles. The van der Waals surface area contributed by atoms with Crippen molar-refractivity contribution in [2.75, 3.05) is 40.4 Å². The van der Waals surface area contributed by atoms with Crippen molar-refractivity contribution in [1.29, 1.82) is 0 Å². The summed E-state index contributed by atoms with van der Waals surface area (Å²) in [5, 5.41) is 11.5. The van der Waals surface area contributed by atoms with E-state index in [-0.39, 0.29) is 64.2 Å². The minimum absolute atomic E-state index is 0.000840. The van der Waals surface area contributed by atoms with Crippen LogP contribution in [-0.4, -0.2) is 145 Å². The number of ether oxygens (including phenoxy) is 1. The van der Waals surface area contributed by atoms with Crippen LogP contribution < -0.4 is 21.3 Å². The van der Waals surface area contributed by atoms with E-state index in [1.165, 1.54) is 25.9 Å². The Kier molecular flexibility index (Phi) is 18.1. The van der Waals surface area contributed by atoms with Gasteiger partial charge in [-0.25, -0.2) is 13.2 Å². The molecule has 0 bridgehead atoms. The summed E-state index contributed by atoms with van der Waals surface area (Å²) in [6, 6.07) is -2.65. The van der Waals surface area contributed by atoms with Gasteiger partial charge in [0.15, 0.2) is 0 Å². The summed E-state index contributed by atoms with van der Waals surface area (Å²) in [6.07, 6.45) is -1.98. The first-order valence-electron chi connectivity index (χ1n) is 21.6. The van der Waals surface area contributed by atoms with Gasteiger partial charge in [-0.2, -0.15) is 0 Å². The molecule has 20 heteroatoms. The van der Waals surface area contributed by atoms with Crippen LogP contribution in [0.4, 0.5) is 13.2 Å². The largest absolute Gasteiger partial charge is 0.381 e. The molecule has 1 aromatic carbocycles. The van der Waals surface area contributed by atoms with Crippen LogP contribution >= 0.6 is 23.2 Å². The Labute approximate surface area is 377 Å². The molecule has 0 spiro atoms. The number of hydrogen-bond donors (Lipinski definition) is 4. The molecule has 3 heterocycles. The molecule has 7 atom stereocenters. The third kappa shape index (κ3) is 12.6. The second-order valence-corrected chi connectivity index (χ2v) is 18.3. The fraction of sp³-hybridized carbons (Fsp3) is 0.698. The first kappa shape index (κ1) is 51.5. The molecular formula is C43H62Cl2F3N7O8. The van der Waals surface area contributed by atoms with Crippen molar-refractivity contribution < 1.29 is 51.5 Å². The van der Waals surface area contributed by atoms with E-state index in [9.17, 15) is 38.0 Å². The highest BCUT2D eigenvalue weighted by atomic mass is 35.5. The van der Waals surface area contributed by atoms with Gasteiger partial charge in [0, 0.05) is 63.7 Å². The average molecular weight is 933 g/mol. The Balaban J connectivity index is 1.61. The normalized spacial score (nSPS) is 26.1. The Bertz CT molecular complexity index is 1850. The van der Waals surface area contributed by atoms with E-state index in [4.69, 9.17) is 27.9 Å². The first-order valence-corrected chi connectivity index (χ1v) is 22.3. The smallest absolute Gasteiger partial charge is 0.259 e. The van der Waals surface area contributed by atoms with Gasteiger partial charge in [-0.15, -0.1) is 0 Å². The third-order valence-electron chi connectivity index (χ3n) is 12.4. The fourth-order valence-corrected chi connectivity index (χ4v) is 8.87. The maximum atomic E-state index is 15.1. The third-order valence-corrected chi connectivity index (χ3v) is 13.0. The number of benzene rings is 1. The summed E-state index contributed by atoms with van der Waals surface area (Å²) >= 11 is 12.7. The number of likely N-dealkylation sites (N-methyl/N-ethyl adjacent to an activating group) is 2. The van der Waals surface area contributed by atoms with Crippen molar-refractivity contribution in [3.63, 3.8) is 0 Å². The Morgan fingerprint density at radius 2 is 1.71 bits per heavy atom. The molecule has 4 rings (SSSR count). The maximum absolute atomic E-state index is 15.1. The molecule has 3 fully saturated rings. The number of carbonyl (C=O) groups is 7.